The Balaban J connectivity index is 1.29. The van der Waals surface area contributed by atoms with Gasteiger partial charge >= 0.3 is 25.5 Å². The van der Waals surface area contributed by atoms with Crippen molar-refractivity contribution < 1.29 is 55.7 Å². The normalized spacial score (nSPS) is 15.8. The van der Waals surface area contributed by atoms with E-state index < -0.39 is 59.0 Å². The average molecular weight is 946 g/mol. The summed E-state index contributed by atoms with van der Waals surface area (Å²) in [7, 11) is -10.4. The molecule has 3 atom stereocenters. The van der Waals surface area contributed by atoms with Crippen molar-refractivity contribution in [1.82, 2.24) is 9.55 Å². The zero-order valence-electron chi connectivity index (χ0n) is 37.9. The number of rotatable bonds is 34. The molecule has 1 aromatic heterocycles. The molecule has 65 heavy (non-hydrogen) atoms. The number of aromatic amines is 1. The summed E-state index contributed by atoms with van der Waals surface area (Å²) < 4.78 is 65.8. The molecule has 0 saturated carbocycles. The van der Waals surface area contributed by atoms with Gasteiger partial charge in [-0.1, -0.05) is 147 Å². The molecule has 0 saturated heterocycles. The Morgan fingerprint density at radius 1 is 0.631 bits per heavy atom. The number of hydrogen-bond donors (Lipinski definition) is 1. The van der Waals surface area contributed by atoms with E-state index >= 15 is 0 Å². The predicted octanol–water partition coefficient (Wildman–Crippen LogP) is 10.7. The van der Waals surface area contributed by atoms with Gasteiger partial charge in [-0.2, -0.15) is 0 Å². The number of phosphoric ester groups is 2. The molecule has 360 valence electrons. The fourth-order valence-corrected chi connectivity index (χ4v) is 9.47. The molecular weight excluding hydrogens is 878 g/mol. The SMILES string of the molecule is CCCCCCCCCCCC(=O)Oc1ccc(COP(=O)(OCc2ccc(OC(=O)CCCCCCCCCCC)cc2)OP(=O)([O-])OC[C@@H]2C=C[C@H](n3ccc(=O)[nH]c3=O)O2)cc1. The van der Waals surface area contributed by atoms with Crippen LogP contribution in [0.4, 0.5) is 0 Å². The number of esters is 2. The molecule has 1 N–H and O–H groups in total. The molecule has 16 nitrogen and oxygen atoms in total. The van der Waals surface area contributed by atoms with E-state index in [1.807, 2.05) is 0 Å². The minimum atomic E-state index is -5.42. The van der Waals surface area contributed by atoms with Gasteiger partial charge in [0.05, 0.1) is 19.8 Å². The minimum absolute atomic E-state index is 0.294. The maximum atomic E-state index is 14.0. The molecule has 2 aromatic carbocycles. The molecule has 0 bridgehead atoms. The summed E-state index contributed by atoms with van der Waals surface area (Å²) in [5.74, 6) is -0.101. The molecular formula is C47H67N2O14P2-. The van der Waals surface area contributed by atoms with Gasteiger partial charge in [-0.05, 0) is 54.3 Å². The molecule has 0 amide bonds. The fourth-order valence-electron chi connectivity index (χ4n) is 6.90. The Hall–Kier alpha value is -3.98. The molecule has 0 aliphatic carbocycles. The molecule has 0 fully saturated rings. The first kappa shape index (κ1) is 53.6. The highest BCUT2D eigenvalue weighted by Gasteiger charge is 2.34. The fraction of sp³-hybridized carbons (Fsp3) is 0.574. The van der Waals surface area contributed by atoms with Crippen molar-refractivity contribution in [2.75, 3.05) is 6.61 Å². The molecule has 0 spiro atoms. The average Bonchev–Trinajstić information content (AvgIpc) is 3.75. The molecule has 3 aromatic rings. The van der Waals surface area contributed by atoms with Gasteiger partial charge in [0.15, 0.2) is 6.23 Å². The van der Waals surface area contributed by atoms with E-state index in [1.165, 1.54) is 107 Å². The number of benzene rings is 2. The zero-order valence-corrected chi connectivity index (χ0v) is 39.7. The van der Waals surface area contributed by atoms with Crippen molar-refractivity contribution in [3.05, 3.63) is 105 Å². The van der Waals surface area contributed by atoms with Crippen LogP contribution in [0.25, 0.3) is 0 Å². The Bertz CT molecular complexity index is 2020. The van der Waals surface area contributed by atoms with Gasteiger partial charge in [-0.25, -0.2) is 13.7 Å². The summed E-state index contributed by atoms with van der Waals surface area (Å²) in [5.41, 5.74) is -0.471. The second-order valence-electron chi connectivity index (χ2n) is 16.2. The molecule has 2 heterocycles. The van der Waals surface area contributed by atoms with E-state index in [1.54, 1.807) is 24.3 Å². The van der Waals surface area contributed by atoms with Crippen molar-refractivity contribution >= 4 is 27.6 Å². The van der Waals surface area contributed by atoms with Crippen LogP contribution in [0.1, 0.15) is 160 Å². The van der Waals surface area contributed by atoms with Crippen LogP contribution < -0.4 is 25.6 Å². The van der Waals surface area contributed by atoms with Gasteiger partial charge in [-0.3, -0.25) is 37.5 Å². The van der Waals surface area contributed by atoms with Crippen molar-refractivity contribution in [2.24, 2.45) is 0 Å². The van der Waals surface area contributed by atoms with E-state index in [2.05, 4.69) is 18.8 Å². The van der Waals surface area contributed by atoms with Gasteiger partial charge in [0, 0.05) is 25.1 Å². The lowest BCUT2D eigenvalue weighted by Crippen LogP contribution is -2.32. The third-order valence-corrected chi connectivity index (χ3v) is 13.5. The molecule has 1 aliphatic heterocycles. The minimum Gasteiger partial charge on any atom is -0.756 e. The first-order valence-electron chi connectivity index (χ1n) is 23.2. The molecule has 18 heteroatoms. The number of hydrogen-bond acceptors (Lipinski definition) is 14. The highest BCUT2D eigenvalue weighted by molar-refractivity contribution is 7.61. The van der Waals surface area contributed by atoms with Crippen LogP contribution in [0, 0.1) is 0 Å². The Kier molecular flexibility index (Phi) is 24.4. The lowest BCUT2D eigenvalue weighted by atomic mass is 10.1. The number of nitrogens with zero attached hydrogens (tertiary/aromatic N) is 1. The van der Waals surface area contributed by atoms with E-state index in [-0.39, 0.29) is 11.9 Å². The quantitative estimate of drug-likeness (QED) is 0.0194. The zero-order chi connectivity index (χ0) is 46.8. The van der Waals surface area contributed by atoms with Crippen molar-refractivity contribution in [3.63, 3.8) is 0 Å². The first-order valence-corrected chi connectivity index (χ1v) is 26.1. The van der Waals surface area contributed by atoms with E-state index in [0.29, 0.717) is 35.5 Å². The number of ether oxygens (including phenoxy) is 3. The second kappa shape index (κ2) is 29.6. The smallest absolute Gasteiger partial charge is 0.481 e. The lowest BCUT2D eigenvalue weighted by Gasteiger charge is -2.28. The first-order chi connectivity index (χ1) is 31.4. The van der Waals surface area contributed by atoms with Crippen molar-refractivity contribution in [2.45, 2.75) is 168 Å². The van der Waals surface area contributed by atoms with Crippen LogP contribution in [0.5, 0.6) is 11.5 Å². The summed E-state index contributed by atoms with van der Waals surface area (Å²) in [6.45, 7) is 2.92. The standard InChI is InChI=1S/C47H68N2O14P2/c1-3-5-7-9-11-13-15-17-19-21-45(51)61-40-27-23-38(24-28-40)35-58-65(56,63-64(54,55)57-37-42-31-32-44(60-42)49-34-33-43(50)48-47(49)53)59-36-39-25-29-41(30-26-39)62-46(52)22-20-18-16-14-12-10-8-6-4-2/h23-34,42,44H,3-22,35-37H2,1-2H3,(H,54,55)(H,48,50,53)/p-1/t42-,44+/m0/s1. The molecule has 1 unspecified atom stereocenters. The summed E-state index contributed by atoms with van der Waals surface area (Å²) in [5, 5.41) is 0. The summed E-state index contributed by atoms with van der Waals surface area (Å²) >= 11 is 0. The highest BCUT2D eigenvalue weighted by atomic mass is 31.3. The van der Waals surface area contributed by atoms with Crippen LogP contribution in [-0.4, -0.2) is 34.2 Å². The monoisotopic (exact) mass is 945 g/mol. The predicted molar refractivity (Wildman–Crippen MR) is 244 cm³/mol. The van der Waals surface area contributed by atoms with E-state index in [9.17, 15) is 33.2 Å². The molecule has 0 radical (unpaired) electrons. The molecule has 4 rings (SSSR count). The van der Waals surface area contributed by atoms with Crippen LogP contribution in [0.15, 0.2) is 82.5 Å². The van der Waals surface area contributed by atoms with Crippen molar-refractivity contribution in [1.29, 1.82) is 0 Å². The third kappa shape index (κ3) is 21.9. The van der Waals surface area contributed by atoms with E-state index in [4.69, 9.17) is 32.1 Å². The highest BCUT2D eigenvalue weighted by Crippen LogP contribution is 2.62. The second-order valence-corrected chi connectivity index (χ2v) is 19.4. The number of H-pyrrole nitrogens is 1. The van der Waals surface area contributed by atoms with Gasteiger partial charge < -0.3 is 23.6 Å². The van der Waals surface area contributed by atoms with Crippen LogP contribution >= 0.6 is 15.6 Å². The Morgan fingerprint density at radius 3 is 1.52 bits per heavy atom. The third-order valence-electron chi connectivity index (χ3n) is 10.6. The number of phosphoric acid groups is 2. The largest absolute Gasteiger partial charge is 0.756 e. The topological polar surface area (TPSA) is 211 Å². The van der Waals surface area contributed by atoms with E-state index in [0.717, 1.165) is 62.0 Å². The van der Waals surface area contributed by atoms with Crippen LogP contribution in [0.2, 0.25) is 0 Å². The van der Waals surface area contributed by atoms with Gasteiger partial charge in [0.1, 0.15) is 17.6 Å². The maximum absolute atomic E-state index is 14.0. The summed E-state index contributed by atoms with van der Waals surface area (Å²) in [4.78, 5) is 63.7. The van der Waals surface area contributed by atoms with Crippen molar-refractivity contribution in [3.8, 4) is 11.5 Å². The number of carbonyl (C=O) groups excluding carboxylic acids is 2. The van der Waals surface area contributed by atoms with Gasteiger partial charge in [0.2, 0.25) is 0 Å². The number of aromatic nitrogens is 2. The van der Waals surface area contributed by atoms with Gasteiger partial charge in [-0.15, -0.1) is 0 Å². The summed E-state index contributed by atoms with van der Waals surface area (Å²) in [6, 6.07) is 13.5. The lowest BCUT2D eigenvalue weighted by molar-refractivity contribution is -0.220. The maximum Gasteiger partial charge on any atom is 0.481 e. The Labute approximate surface area is 382 Å². The van der Waals surface area contributed by atoms with Gasteiger partial charge in [0.25, 0.3) is 13.4 Å². The Morgan fingerprint density at radius 2 is 1.08 bits per heavy atom. The summed E-state index contributed by atoms with van der Waals surface area (Å²) in [6.07, 6.45) is 23.1. The molecule has 1 aliphatic rings. The van der Waals surface area contributed by atoms with Crippen LogP contribution in [0.3, 0.4) is 0 Å². The number of unbranched alkanes of at least 4 members (excludes halogenated alkanes) is 16. The number of nitrogens with one attached hydrogen (secondary N) is 1. The van der Waals surface area contributed by atoms with Crippen LogP contribution in [-0.2, 0) is 54.6 Å². The number of carbonyl (C=O) groups is 2.